The van der Waals surface area contributed by atoms with Gasteiger partial charge in [-0.05, 0) is 29.7 Å². The highest BCUT2D eigenvalue weighted by atomic mass is 32.2. The van der Waals surface area contributed by atoms with Gasteiger partial charge >= 0.3 is 12.3 Å². The molecule has 0 saturated carbocycles. The quantitative estimate of drug-likeness (QED) is 0.301. The van der Waals surface area contributed by atoms with E-state index in [0.29, 0.717) is 11.3 Å². The van der Waals surface area contributed by atoms with Crippen LogP contribution in [-0.4, -0.2) is 45.1 Å². The summed E-state index contributed by atoms with van der Waals surface area (Å²) in [5.74, 6) is -0.586. The molecule has 14 heteroatoms. The van der Waals surface area contributed by atoms with E-state index in [-0.39, 0.29) is 23.5 Å². The van der Waals surface area contributed by atoms with Crippen molar-refractivity contribution in [3.05, 3.63) is 81.8 Å². The number of benzene rings is 2. The summed E-state index contributed by atoms with van der Waals surface area (Å²) in [5, 5.41) is 6.82. The molecule has 3 atom stereocenters. The fraction of sp³-hybridized carbons (Fsp3) is 0.292. The average molecular weight is 570 g/mol. The molecule has 0 fully saturated rings. The van der Waals surface area contributed by atoms with Crippen molar-refractivity contribution in [3.63, 3.8) is 0 Å². The summed E-state index contributed by atoms with van der Waals surface area (Å²) in [4.78, 5) is 29.3. The highest BCUT2D eigenvalue weighted by Gasteiger charge is 2.31. The molecule has 2 aromatic carbocycles. The lowest BCUT2D eigenvalue weighted by Gasteiger charge is -2.22. The Morgan fingerprint density at radius 3 is 2.32 bits per heavy atom. The van der Waals surface area contributed by atoms with Gasteiger partial charge in [-0.2, -0.15) is 13.2 Å². The number of amides is 2. The summed E-state index contributed by atoms with van der Waals surface area (Å²) in [6, 6.07) is 13.3. The van der Waals surface area contributed by atoms with Crippen molar-refractivity contribution in [3.8, 4) is 0 Å². The van der Waals surface area contributed by atoms with E-state index in [1.54, 1.807) is 42.5 Å². The Morgan fingerprint density at radius 1 is 1.05 bits per heavy atom. The molecule has 1 unspecified atom stereocenters. The summed E-state index contributed by atoms with van der Waals surface area (Å²) in [6.07, 6.45) is -6.20. The summed E-state index contributed by atoms with van der Waals surface area (Å²) in [7, 11) is 1.16. The third kappa shape index (κ3) is 9.43. The molecule has 0 aliphatic heterocycles. The lowest BCUT2D eigenvalue weighted by Crippen LogP contribution is -2.49. The Kier molecular flexibility index (Phi) is 10.2. The number of ether oxygens (including phenoxy) is 1. The first kappa shape index (κ1) is 29.1. The van der Waals surface area contributed by atoms with Gasteiger partial charge in [0.25, 0.3) is 0 Å². The number of carbonyl (C=O) groups excluding carboxylic acids is 2. The van der Waals surface area contributed by atoms with Crippen LogP contribution < -0.4 is 15.4 Å². The molecule has 1 heterocycles. The van der Waals surface area contributed by atoms with Gasteiger partial charge in [0.15, 0.2) is 0 Å². The van der Waals surface area contributed by atoms with E-state index in [4.69, 9.17) is 0 Å². The minimum Gasteiger partial charge on any atom is -0.755 e. The first-order valence-electron chi connectivity index (χ1n) is 11.2. The van der Waals surface area contributed by atoms with Gasteiger partial charge in [0.1, 0.15) is 11.0 Å². The maximum atomic E-state index is 13.3. The Balaban J connectivity index is 1.85. The van der Waals surface area contributed by atoms with Gasteiger partial charge in [-0.1, -0.05) is 42.5 Å². The van der Waals surface area contributed by atoms with E-state index in [2.05, 4.69) is 25.1 Å². The molecule has 0 radical (unpaired) electrons. The number of carbonyl (C=O) groups is 2. The van der Waals surface area contributed by atoms with Crippen molar-refractivity contribution in [2.75, 3.05) is 11.8 Å². The second kappa shape index (κ2) is 13.3. The molecule has 204 valence electrons. The van der Waals surface area contributed by atoms with Crippen molar-refractivity contribution in [2.24, 2.45) is 0 Å². The molecule has 0 spiro atoms. The molecule has 9 nitrogen and oxygen atoms in total. The van der Waals surface area contributed by atoms with E-state index in [0.717, 1.165) is 24.0 Å². The monoisotopic (exact) mass is 569 g/mol. The predicted octanol–water partition coefficient (Wildman–Crippen LogP) is 3.82. The standard InChI is InChI=1S/C24H25F3N4O5S2/c1-36-23(33)30-19(11-15-5-3-2-4-6-15)21(32)29-20(22-28-18(14-37-22)13-24(25,26)27)12-16-7-9-17(10-8-16)31-38(34)35/h2-10,14,19-20,31H,11-13H2,1H3,(H,29,32)(H,30,33)(H,34,35)/p-1/t19-,20-/m0/s1. The number of anilines is 1. The van der Waals surface area contributed by atoms with E-state index in [1.165, 1.54) is 17.5 Å². The molecule has 3 aromatic rings. The van der Waals surface area contributed by atoms with Crippen LogP contribution >= 0.6 is 11.3 Å². The number of hydrogen-bond acceptors (Lipinski definition) is 7. The molecule has 1 aromatic heterocycles. The normalized spacial score (nSPS) is 13.7. The smallest absolute Gasteiger partial charge is 0.407 e. The zero-order valence-corrected chi connectivity index (χ0v) is 21.6. The average Bonchev–Trinajstić information content (AvgIpc) is 3.31. The fourth-order valence-electron chi connectivity index (χ4n) is 3.54. The number of alkyl carbamates (subject to hydrolysis) is 1. The van der Waals surface area contributed by atoms with Crippen LogP contribution in [0, 0.1) is 0 Å². The maximum Gasteiger partial charge on any atom is 0.407 e. The number of thiazole rings is 1. The topological polar surface area (TPSA) is 132 Å². The third-order valence-corrected chi connectivity index (χ3v) is 6.65. The van der Waals surface area contributed by atoms with Crippen molar-refractivity contribution in [1.29, 1.82) is 0 Å². The zero-order chi connectivity index (χ0) is 27.7. The molecule has 38 heavy (non-hydrogen) atoms. The van der Waals surface area contributed by atoms with Crippen LogP contribution in [0.25, 0.3) is 0 Å². The number of halogens is 3. The van der Waals surface area contributed by atoms with Crippen LogP contribution in [0.4, 0.5) is 23.7 Å². The number of alkyl halides is 3. The Morgan fingerprint density at radius 2 is 1.71 bits per heavy atom. The van der Waals surface area contributed by atoms with Crippen LogP contribution in [-0.2, 0) is 40.1 Å². The van der Waals surface area contributed by atoms with Crippen LogP contribution in [0.3, 0.4) is 0 Å². The molecule has 2 amide bonds. The predicted molar refractivity (Wildman–Crippen MR) is 135 cm³/mol. The van der Waals surface area contributed by atoms with Gasteiger partial charge in [0.05, 0.1) is 25.3 Å². The Labute approximate surface area is 223 Å². The maximum absolute atomic E-state index is 13.3. The zero-order valence-electron chi connectivity index (χ0n) is 20.0. The van der Waals surface area contributed by atoms with Crippen molar-refractivity contribution < 1.29 is 36.3 Å². The lowest BCUT2D eigenvalue weighted by atomic mass is 10.0. The van der Waals surface area contributed by atoms with Crippen LogP contribution in [0.15, 0.2) is 60.0 Å². The van der Waals surface area contributed by atoms with Gasteiger partial charge in [0.2, 0.25) is 5.91 Å². The molecule has 0 aliphatic rings. The number of rotatable bonds is 11. The van der Waals surface area contributed by atoms with Crippen LogP contribution in [0.1, 0.15) is 27.9 Å². The SMILES string of the molecule is COC(=O)N[C@@H](Cc1ccccc1)C(=O)N[C@@H](Cc1ccc(NS(=O)[O-])cc1)c1nc(CC(F)(F)F)cs1. The Hall–Kier alpha value is -3.49. The van der Waals surface area contributed by atoms with Crippen molar-refractivity contribution >= 4 is 40.3 Å². The lowest BCUT2D eigenvalue weighted by molar-refractivity contribution is -0.128. The van der Waals surface area contributed by atoms with Gasteiger partial charge in [-0.15, -0.1) is 11.3 Å². The van der Waals surface area contributed by atoms with Crippen molar-refractivity contribution in [1.82, 2.24) is 15.6 Å². The summed E-state index contributed by atoms with van der Waals surface area (Å²) in [5.41, 5.74) is 1.56. The minimum absolute atomic E-state index is 0.137. The molecular formula is C24H24F3N4O5S2-. The fourth-order valence-corrected chi connectivity index (χ4v) is 4.74. The highest BCUT2D eigenvalue weighted by Crippen LogP contribution is 2.27. The minimum atomic E-state index is -4.44. The largest absolute Gasteiger partial charge is 0.755 e. The number of hydrogen-bond donors (Lipinski definition) is 3. The molecule has 0 saturated heterocycles. The van der Waals surface area contributed by atoms with E-state index in [9.17, 15) is 31.5 Å². The summed E-state index contributed by atoms with van der Waals surface area (Å²) in [6.45, 7) is 0. The van der Waals surface area contributed by atoms with Gasteiger partial charge in [-0.3, -0.25) is 9.00 Å². The first-order chi connectivity index (χ1) is 18.0. The van der Waals surface area contributed by atoms with E-state index < -0.39 is 47.9 Å². The molecular weight excluding hydrogens is 545 g/mol. The van der Waals surface area contributed by atoms with Crippen LogP contribution in [0.2, 0.25) is 0 Å². The van der Waals surface area contributed by atoms with Gasteiger partial charge < -0.3 is 24.6 Å². The highest BCUT2D eigenvalue weighted by molar-refractivity contribution is 7.80. The van der Waals surface area contributed by atoms with Gasteiger partial charge in [0, 0.05) is 28.8 Å². The molecule has 0 aliphatic carbocycles. The first-order valence-corrected chi connectivity index (χ1v) is 13.1. The van der Waals surface area contributed by atoms with Crippen LogP contribution in [0.5, 0.6) is 0 Å². The number of methoxy groups -OCH3 is 1. The van der Waals surface area contributed by atoms with E-state index >= 15 is 0 Å². The number of nitrogens with one attached hydrogen (secondary N) is 3. The second-order valence-corrected chi connectivity index (χ2v) is 9.71. The van der Waals surface area contributed by atoms with Gasteiger partial charge in [-0.25, -0.2) is 9.78 Å². The second-order valence-electron chi connectivity index (χ2n) is 8.15. The number of aromatic nitrogens is 1. The third-order valence-electron chi connectivity index (χ3n) is 5.24. The molecule has 0 bridgehead atoms. The Bertz CT molecular complexity index is 1240. The summed E-state index contributed by atoms with van der Waals surface area (Å²) >= 11 is -1.53. The number of nitrogens with zero attached hydrogens (tertiary/aromatic N) is 1. The molecule has 3 N–H and O–H groups in total. The van der Waals surface area contributed by atoms with E-state index in [1.807, 2.05) is 0 Å². The van der Waals surface area contributed by atoms with Crippen molar-refractivity contribution in [2.45, 2.75) is 37.5 Å². The summed E-state index contributed by atoms with van der Waals surface area (Å²) < 4.78 is 67.2. The molecule has 3 rings (SSSR count).